The molecule has 1 amide bonds. The molecule has 2 fully saturated rings. The lowest BCUT2D eigenvalue weighted by Gasteiger charge is -2.29. The number of likely N-dealkylation sites (tertiary alicyclic amines) is 1. The van der Waals surface area contributed by atoms with Crippen molar-refractivity contribution in [3.8, 4) is 0 Å². The van der Waals surface area contributed by atoms with Crippen LogP contribution in [-0.4, -0.2) is 61.1 Å². The third-order valence-electron chi connectivity index (χ3n) is 5.94. The molecule has 162 valence electrons. The lowest BCUT2D eigenvalue weighted by molar-refractivity contribution is -0.907. The van der Waals surface area contributed by atoms with Crippen LogP contribution in [0.1, 0.15) is 22.7 Å². The number of halogens is 1. The number of carbonyl (C=O) groups excluding carboxylic acids is 2. The molecule has 1 atom stereocenters. The summed E-state index contributed by atoms with van der Waals surface area (Å²) >= 11 is 0. The van der Waals surface area contributed by atoms with Crippen LogP contribution in [-0.2, 0) is 14.3 Å². The molecule has 6 nitrogen and oxygen atoms in total. The van der Waals surface area contributed by atoms with E-state index >= 15 is 0 Å². The average Bonchev–Trinajstić information content (AvgIpc) is 3.03. The molecule has 4 rings (SSSR count). The topological polar surface area (TPSA) is 71.3 Å². The van der Waals surface area contributed by atoms with Gasteiger partial charge >= 0.3 is 0 Å². The molecule has 2 aromatic rings. The number of morpholine rings is 1. The fourth-order valence-electron chi connectivity index (χ4n) is 4.19. The maximum Gasteiger partial charge on any atom is 0.295 e. The fraction of sp³-hybridized carbons (Fsp3) is 0.333. The van der Waals surface area contributed by atoms with Crippen LogP contribution in [0.4, 0.5) is 4.39 Å². The smallest absolute Gasteiger partial charge is 0.295 e. The fourth-order valence-corrected chi connectivity index (χ4v) is 4.19. The molecule has 0 aromatic heterocycles. The van der Waals surface area contributed by atoms with Gasteiger partial charge in [-0.25, -0.2) is 4.39 Å². The highest BCUT2D eigenvalue weighted by atomic mass is 19.1. The Labute approximate surface area is 180 Å². The van der Waals surface area contributed by atoms with Crippen LogP contribution in [0.2, 0.25) is 0 Å². The van der Waals surface area contributed by atoms with E-state index in [4.69, 9.17) is 4.74 Å². The minimum absolute atomic E-state index is 0.00331. The quantitative estimate of drug-likeness (QED) is 0.433. The van der Waals surface area contributed by atoms with Gasteiger partial charge in [0.05, 0.1) is 37.9 Å². The first-order valence-corrected chi connectivity index (χ1v) is 10.5. The first kappa shape index (κ1) is 21.2. The van der Waals surface area contributed by atoms with E-state index in [0.29, 0.717) is 37.4 Å². The molecule has 0 aliphatic carbocycles. The van der Waals surface area contributed by atoms with Crippen molar-refractivity contribution in [3.05, 3.63) is 76.6 Å². The number of ether oxygens (including phenoxy) is 1. The zero-order chi connectivity index (χ0) is 22.0. The Morgan fingerprint density at radius 1 is 1.16 bits per heavy atom. The largest absolute Gasteiger partial charge is 0.507 e. The van der Waals surface area contributed by atoms with Gasteiger partial charge in [-0.05, 0) is 24.6 Å². The van der Waals surface area contributed by atoms with Crippen molar-refractivity contribution in [2.75, 3.05) is 39.4 Å². The van der Waals surface area contributed by atoms with Crippen LogP contribution in [0.25, 0.3) is 5.76 Å². The molecular weight excluding hydrogens is 399 g/mol. The number of carbonyl (C=O) groups is 2. The Bertz CT molecular complexity index is 1010. The number of amides is 1. The van der Waals surface area contributed by atoms with E-state index in [1.165, 1.54) is 21.9 Å². The van der Waals surface area contributed by atoms with Gasteiger partial charge in [-0.15, -0.1) is 0 Å². The molecule has 31 heavy (non-hydrogen) atoms. The number of aryl methyl sites for hydroxylation is 1. The van der Waals surface area contributed by atoms with Crippen LogP contribution in [0.15, 0.2) is 54.1 Å². The van der Waals surface area contributed by atoms with Gasteiger partial charge in [0.1, 0.15) is 24.7 Å². The van der Waals surface area contributed by atoms with Gasteiger partial charge in [-0.3, -0.25) is 9.59 Å². The van der Waals surface area contributed by atoms with Crippen molar-refractivity contribution >= 4 is 17.4 Å². The number of quaternary nitrogens is 1. The molecule has 2 aliphatic heterocycles. The number of nitrogens with one attached hydrogen (secondary N) is 1. The van der Waals surface area contributed by atoms with Gasteiger partial charge in [0.2, 0.25) is 0 Å². The maximum absolute atomic E-state index is 14.0. The van der Waals surface area contributed by atoms with Crippen molar-refractivity contribution in [1.29, 1.82) is 0 Å². The van der Waals surface area contributed by atoms with Crippen LogP contribution in [0.3, 0.4) is 0 Å². The molecule has 0 spiro atoms. The predicted octanol–water partition coefficient (Wildman–Crippen LogP) is 1.47. The normalized spacial score (nSPS) is 21.6. The van der Waals surface area contributed by atoms with E-state index in [2.05, 4.69) is 0 Å². The van der Waals surface area contributed by atoms with Gasteiger partial charge in [0, 0.05) is 5.56 Å². The monoisotopic (exact) mass is 425 g/mol. The molecule has 0 radical (unpaired) electrons. The third kappa shape index (κ3) is 4.38. The summed E-state index contributed by atoms with van der Waals surface area (Å²) in [5, 5.41) is 11.0. The number of aliphatic hydroxyl groups excluding tert-OH is 1. The second-order valence-corrected chi connectivity index (χ2v) is 8.03. The number of hydrogen-bond donors (Lipinski definition) is 2. The van der Waals surface area contributed by atoms with E-state index in [9.17, 15) is 19.1 Å². The summed E-state index contributed by atoms with van der Waals surface area (Å²) in [5.41, 5.74) is 1.91. The molecule has 7 heteroatoms. The van der Waals surface area contributed by atoms with Crippen LogP contribution in [0, 0.1) is 12.7 Å². The van der Waals surface area contributed by atoms with Crippen molar-refractivity contribution < 1.29 is 28.7 Å². The number of rotatable bonds is 5. The standard InChI is InChI=1S/C24H25FN2O4/c1-16-5-7-17(8-6-16)22(28)20-21(18-3-2-4-19(25)15-18)27(24(30)23(20)29)10-9-26-11-13-31-14-12-26/h2-8,15,21,28H,9-14H2,1H3/p+1/t21-/m0/s1. The molecule has 0 saturated carbocycles. The number of nitrogens with zero attached hydrogens (tertiary/aromatic N) is 1. The second kappa shape index (κ2) is 8.99. The van der Waals surface area contributed by atoms with E-state index in [0.717, 1.165) is 18.7 Å². The van der Waals surface area contributed by atoms with E-state index in [-0.39, 0.29) is 11.3 Å². The van der Waals surface area contributed by atoms with Crippen molar-refractivity contribution in [2.45, 2.75) is 13.0 Å². The molecule has 2 aliphatic rings. The Kier molecular flexibility index (Phi) is 6.15. The number of Topliss-reactive ketones (excluding diaryl/α,β-unsaturated/α-hetero) is 1. The van der Waals surface area contributed by atoms with Crippen molar-refractivity contribution in [3.63, 3.8) is 0 Å². The Morgan fingerprint density at radius 3 is 2.55 bits per heavy atom. The zero-order valence-electron chi connectivity index (χ0n) is 17.4. The average molecular weight is 425 g/mol. The SMILES string of the molecule is Cc1ccc(C(O)=C2C(=O)C(=O)N(CC[NH+]3CCOCC3)[C@H]2c2cccc(F)c2)cc1. The van der Waals surface area contributed by atoms with Crippen molar-refractivity contribution in [2.24, 2.45) is 0 Å². The van der Waals surface area contributed by atoms with Crippen LogP contribution < -0.4 is 4.90 Å². The number of benzene rings is 2. The van der Waals surface area contributed by atoms with Gasteiger partial charge < -0.3 is 19.6 Å². The summed E-state index contributed by atoms with van der Waals surface area (Å²) < 4.78 is 19.4. The summed E-state index contributed by atoms with van der Waals surface area (Å²) in [6, 6.07) is 12.1. The molecule has 2 heterocycles. The third-order valence-corrected chi connectivity index (χ3v) is 5.94. The van der Waals surface area contributed by atoms with E-state index < -0.39 is 23.5 Å². The van der Waals surface area contributed by atoms with Gasteiger partial charge in [-0.2, -0.15) is 0 Å². The first-order chi connectivity index (χ1) is 15.0. The minimum atomic E-state index is -0.836. The highest BCUT2D eigenvalue weighted by Crippen LogP contribution is 2.39. The molecular formula is C24H26FN2O4+. The zero-order valence-corrected chi connectivity index (χ0v) is 17.4. The highest BCUT2D eigenvalue weighted by molar-refractivity contribution is 6.46. The summed E-state index contributed by atoms with van der Waals surface area (Å²) in [7, 11) is 0. The van der Waals surface area contributed by atoms with Crippen LogP contribution in [0.5, 0.6) is 0 Å². The number of hydrogen-bond acceptors (Lipinski definition) is 4. The maximum atomic E-state index is 14.0. The molecule has 0 unspecified atom stereocenters. The Balaban J connectivity index is 1.73. The lowest BCUT2D eigenvalue weighted by Crippen LogP contribution is -3.14. The Hall–Kier alpha value is -3.03. The molecule has 2 aromatic carbocycles. The van der Waals surface area contributed by atoms with E-state index in [1.54, 1.807) is 24.3 Å². The number of ketones is 1. The highest BCUT2D eigenvalue weighted by Gasteiger charge is 2.46. The molecule has 0 bridgehead atoms. The Morgan fingerprint density at radius 2 is 1.87 bits per heavy atom. The molecule has 2 saturated heterocycles. The number of aliphatic hydroxyl groups is 1. The lowest BCUT2D eigenvalue weighted by atomic mass is 9.95. The minimum Gasteiger partial charge on any atom is -0.507 e. The van der Waals surface area contributed by atoms with E-state index in [1.807, 2.05) is 19.1 Å². The van der Waals surface area contributed by atoms with Gasteiger partial charge in [0.25, 0.3) is 11.7 Å². The van der Waals surface area contributed by atoms with Gasteiger partial charge in [0.15, 0.2) is 0 Å². The second-order valence-electron chi connectivity index (χ2n) is 8.03. The summed E-state index contributed by atoms with van der Waals surface area (Å²) in [6.45, 7) is 5.88. The van der Waals surface area contributed by atoms with Crippen LogP contribution >= 0.6 is 0 Å². The van der Waals surface area contributed by atoms with Gasteiger partial charge in [-0.1, -0.05) is 42.0 Å². The summed E-state index contributed by atoms with van der Waals surface area (Å²) in [5.74, 6) is -2.12. The predicted molar refractivity (Wildman–Crippen MR) is 113 cm³/mol. The first-order valence-electron chi connectivity index (χ1n) is 10.5. The summed E-state index contributed by atoms with van der Waals surface area (Å²) in [6.07, 6.45) is 0. The molecule has 2 N–H and O–H groups in total. The van der Waals surface area contributed by atoms with Crippen molar-refractivity contribution in [1.82, 2.24) is 4.90 Å². The summed E-state index contributed by atoms with van der Waals surface area (Å²) in [4.78, 5) is 28.7.